The third-order valence-electron chi connectivity index (χ3n) is 3.54. The van der Waals surface area contributed by atoms with Crippen LogP contribution in [0.2, 0.25) is 0 Å². The van der Waals surface area contributed by atoms with Crippen LogP contribution in [0.5, 0.6) is 0 Å². The molecule has 1 aromatic carbocycles. The summed E-state index contributed by atoms with van der Waals surface area (Å²) >= 11 is 0. The zero-order chi connectivity index (χ0) is 14.1. The first-order valence-electron chi connectivity index (χ1n) is 6.75. The highest BCUT2D eigenvalue weighted by Crippen LogP contribution is 2.21. The van der Waals surface area contributed by atoms with E-state index in [9.17, 15) is 14.7 Å². The van der Waals surface area contributed by atoms with Crippen molar-refractivity contribution in [3.63, 3.8) is 0 Å². The molecule has 0 aliphatic heterocycles. The second-order valence-electron chi connectivity index (χ2n) is 5.15. The summed E-state index contributed by atoms with van der Waals surface area (Å²) < 4.78 is 1.84. The molecule has 0 radical (unpaired) electrons. The second-order valence-corrected chi connectivity index (χ2v) is 5.15. The molecule has 0 saturated heterocycles. The second kappa shape index (κ2) is 5.00. The van der Waals surface area contributed by atoms with Gasteiger partial charge in [-0.2, -0.15) is 0 Å². The topological polar surface area (TPSA) is 71.3 Å². The number of carbonyl (C=O) groups is 2. The number of carboxylic acids is 1. The van der Waals surface area contributed by atoms with Gasteiger partial charge in [-0.3, -0.25) is 4.79 Å². The van der Waals surface area contributed by atoms with Crippen LogP contribution in [0.25, 0.3) is 10.9 Å². The molecule has 5 heteroatoms. The zero-order valence-electron chi connectivity index (χ0n) is 11.0. The number of nitrogens with one attached hydrogen (secondary N) is 1. The summed E-state index contributed by atoms with van der Waals surface area (Å²) in [5.41, 5.74) is 0.953. The number of para-hydroxylation sites is 1. The van der Waals surface area contributed by atoms with Gasteiger partial charge in [0.05, 0.1) is 11.1 Å². The van der Waals surface area contributed by atoms with E-state index in [0.29, 0.717) is 24.5 Å². The first kappa shape index (κ1) is 12.7. The molecule has 1 aliphatic carbocycles. The Labute approximate surface area is 116 Å². The van der Waals surface area contributed by atoms with Gasteiger partial charge in [-0.05, 0) is 25.0 Å². The van der Waals surface area contributed by atoms with E-state index in [2.05, 4.69) is 5.32 Å². The summed E-state index contributed by atoms with van der Waals surface area (Å²) in [6, 6.07) is 7.43. The van der Waals surface area contributed by atoms with Gasteiger partial charge < -0.3 is 15.0 Å². The molecule has 0 atom stereocenters. The Hall–Kier alpha value is -2.30. The van der Waals surface area contributed by atoms with Gasteiger partial charge in [0.15, 0.2) is 0 Å². The number of carbonyl (C=O) groups excluding carboxylic acids is 1. The number of aryl methyl sites for hydroxylation is 1. The monoisotopic (exact) mass is 272 g/mol. The molecule has 3 rings (SSSR count). The number of fused-ring (bicyclic) bond motifs is 1. The van der Waals surface area contributed by atoms with Crippen molar-refractivity contribution in [3.8, 4) is 0 Å². The van der Waals surface area contributed by atoms with E-state index < -0.39 is 5.97 Å². The largest absolute Gasteiger partial charge is 0.478 e. The molecular formula is C15H16N2O3. The SMILES string of the molecule is O=C(CCn1ccc2cccc(C(=O)O)c21)NC1CC1. The van der Waals surface area contributed by atoms with Gasteiger partial charge in [0.2, 0.25) is 5.91 Å². The van der Waals surface area contributed by atoms with E-state index in [1.54, 1.807) is 12.1 Å². The third-order valence-corrected chi connectivity index (χ3v) is 3.54. The van der Waals surface area contributed by atoms with Crippen molar-refractivity contribution >= 4 is 22.8 Å². The molecule has 1 heterocycles. The van der Waals surface area contributed by atoms with E-state index >= 15 is 0 Å². The van der Waals surface area contributed by atoms with Gasteiger partial charge >= 0.3 is 5.97 Å². The van der Waals surface area contributed by atoms with Crippen molar-refractivity contribution in [2.45, 2.75) is 31.8 Å². The lowest BCUT2D eigenvalue weighted by Crippen LogP contribution is -2.26. The van der Waals surface area contributed by atoms with Crippen LogP contribution in [0.4, 0.5) is 0 Å². The van der Waals surface area contributed by atoms with Gasteiger partial charge in [-0.25, -0.2) is 4.79 Å². The van der Waals surface area contributed by atoms with Gasteiger partial charge in [0.1, 0.15) is 0 Å². The first-order valence-corrected chi connectivity index (χ1v) is 6.75. The lowest BCUT2D eigenvalue weighted by Gasteiger charge is -2.08. The number of aromatic nitrogens is 1. The summed E-state index contributed by atoms with van der Waals surface area (Å²) in [4.78, 5) is 23.0. The molecule has 2 N–H and O–H groups in total. The average Bonchev–Trinajstić information content (AvgIpc) is 3.14. The normalized spacial score (nSPS) is 14.4. The highest BCUT2D eigenvalue weighted by atomic mass is 16.4. The molecule has 0 unspecified atom stereocenters. The summed E-state index contributed by atoms with van der Waals surface area (Å²) in [5.74, 6) is -0.917. The standard InChI is InChI=1S/C15H16N2O3/c18-13(16-11-4-5-11)7-9-17-8-6-10-2-1-3-12(14(10)17)15(19)20/h1-3,6,8,11H,4-5,7,9H2,(H,16,18)(H,19,20). The minimum Gasteiger partial charge on any atom is -0.478 e. The van der Waals surface area contributed by atoms with Crippen LogP contribution in [0, 0.1) is 0 Å². The lowest BCUT2D eigenvalue weighted by atomic mass is 10.1. The zero-order valence-corrected chi connectivity index (χ0v) is 11.0. The molecular weight excluding hydrogens is 256 g/mol. The average molecular weight is 272 g/mol. The number of rotatable bonds is 5. The van der Waals surface area contributed by atoms with E-state index in [4.69, 9.17) is 0 Å². The molecule has 1 amide bonds. The Morgan fingerprint density at radius 1 is 1.30 bits per heavy atom. The maximum Gasteiger partial charge on any atom is 0.337 e. The Morgan fingerprint density at radius 2 is 2.10 bits per heavy atom. The Kier molecular flexibility index (Phi) is 3.18. The molecule has 0 bridgehead atoms. The van der Waals surface area contributed by atoms with Crippen LogP contribution in [0.3, 0.4) is 0 Å². The van der Waals surface area contributed by atoms with Gasteiger partial charge in [-0.1, -0.05) is 12.1 Å². The maximum absolute atomic E-state index is 11.7. The first-order chi connectivity index (χ1) is 9.65. The molecule has 20 heavy (non-hydrogen) atoms. The fraction of sp³-hybridized carbons (Fsp3) is 0.333. The summed E-state index contributed by atoms with van der Waals surface area (Å²) in [5, 5.41) is 13.1. The van der Waals surface area contributed by atoms with Crippen LogP contribution >= 0.6 is 0 Å². The van der Waals surface area contributed by atoms with E-state index in [1.165, 1.54) is 0 Å². The summed E-state index contributed by atoms with van der Waals surface area (Å²) in [6.07, 6.45) is 4.35. The van der Waals surface area contributed by atoms with Crippen molar-refractivity contribution in [1.82, 2.24) is 9.88 Å². The minimum atomic E-state index is -0.946. The lowest BCUT2D eigenvalue weighted by molar-refractivity contribution is -0.121. The molecule has 1 aromatic heterocycles. The summed E-state index contributed by atoms with van der Waals surface area (Å²) in [6.45, 7) is 0.492. The Bertz CT molecular complexity index is 671. The van der Waals surface area contributed by atoms with Gasteiger partial charge in [-0.15, -0.1) is 0 Å². The van der Waals surface area contributed by atoms with Crippen molar-refractivity contribution < 1.29 is 14.7 Å². The number of aromatic carboxylic acids is 1. The summed E-state index contributed by atoms with van der Waals surface area (Å²) in [7, 11) is 0. The van der Waals surface area contributed by atoms with E-state index in [-0.39, 0.29) is 11.5 Å². The van der Waals surface area contributed by atoms with Gasteiger partial charge in [0, 0.05) is 30.6 Å². The van der Waals surface area contributed by atoms with Crippen molar-refractivity contribution in [2.24, 2.45) is 0 Å². The number of benzene rings is 1. The van der Waals surface area contributed by atoms with Crippen LogP contribution in [0.1, 0.15) is 29.6 Å². The molecule has 0 spiro atoms. The van der Waals surface area contributed by atoms with Crippen LogP contribution in [-0.2, 0) is 11.3 Å². The molecule has 5 nitrogen and oxygen atoms in total. The molecule has 1 saturated carbocycles. The molecule has 1 fully saturated rings. The maximum atomic E-state index is 11.7. The van der Waals surface area contributed by atoms with E-state index in [0.717, 1.165) is 18.2 Å². The number of amides is 1. The van der Waals surface area contributed by atoms with E-state index in [1.807, 2.05) is 22.9 Å². The number of hydrogen-bond donors (Lipinski definition) is 2. The molecule has 104 valence electrons. The van der Waals surface area contributed by atoms with Crippen LogP contribution in [-0.4, -0.2) is 27.6 Å². The minimum absolute atomic E-state index is 0.0298. The fourth-order valence-electron chi connectivity index (χ4n) is 2.37. The number of nitrogens with zero attached hydrogens (tertiary/aromatic N) is 1. The van der Waals surface area contributed by atoms with Crippen LogP contribution in [0.15, 0.2) is 30.5 Å². The van der Waals surface area contributed by atoms with Gasteiger partial charge in [0.25, 0.3) is 0 Å². The van der Waals surface area contributed by atoms with Crippen LogP contribution < -0.4 is 5.32 Å². The Balaban J connectivity index is 1.80. The molecule has 2 aromatic rings. The van der Waals surface area contributed by atoms with Crippen molar-refractivity contribution in [2.75, 3.05) is 0 Å². The van der Waals surface area contributed by atoms with Crippen molar-refractivity contribution in [3.05, 3.63) is 36.0 Å². The number of carboxylic acid groups (broad SMARTS) is 1. The number of hydrogen-bond acceptors (Lipinski definition) is 2. The molecule has 1 aliphatic rings. The van der Waals surface area contributed by atoms with Crippen molar-refractivity contribution in [1.29, 1.82) is 0 Å². The predicted octanol–water partition coefficient (Wildman–Crippen LogP) is 2.01. The fourth-order valence-corrected chi connectivity index (χ4v) is 2.37. The smallest absolute Gasteiger partial charge is 0.337 e. The Morgan fingerprint density at radius 3 is 2.80 bits per heavy atom. The highest BCUT2D eigenvalue weighted by molar-refractivity contribution is 6.02. The predicted molar refractivity (Wildman–Crippen MR) is 74.7 cm³/mol. The third kappa shape index (κ3) is 2.52. The highest BCUT2D eigenvalue weighted by Gasteiger charge is 2.23. The quantitative estimate of drug-likeness (QED) is 0.874.